The quantitative estimate of drug-likeness (QED) is 0.850. The van der Waals surface area contributed by atoms with Crippen molar-refractivity contribution in [1.29, 1.82) is 0 Å². The highest BCUT2D eigenvalue weighted by Crippen LogP contribution is 2.17. The summed E-state index contributed by atoms with van der Waals surface area (Å²) in [6.45, 7) is 4.79. The fraction of sp³-hybridized carbons (Fsp3) is 0.308. The van der Waals surface area contributed by atoms with Gasteiger partial charge in [0.15, 0.2) is 5.82 Å². The van der Waals surface area contributed by atoms with Crippen molar-refractivity contribution in [3.8, 4) is 0 Å². The van der Waals surface area contributed by atoms with Crippen molar-refractivity contribution < 1.29 is 4.79 Å². The average molecular weight is 294 g/mol. The average Bonchev–Trinajstić information content (AvgIpc) is 2.81. The summed E-state index contributed by atoms with van der Waals surface area (Å²) in [4.78, 5) is 19.9. The van der Waals surface area contributed by atoms with Gasteiger partial charge in [0, 0.05) is 24.6 Å². The van der Waals surface area contributed by atoms with Gasteiger partial charge in [-0.15, -0.1) is 0 Å². The predicted octanol–water partition coefficient (Wildman–Crippen LogP) is 3.29. The van der Waals surface area contributed by atoms with Crippen molar-refractivity contribution in [2.45, 2.75) is 26.8 Å². The summed E-state index contributed by atoms with van der Waals surface area (Å²) in [6, 6.07) is 1.24. The van der Waals surface area contributed by atoms with Crippen LogP contribution in [0.5, 0.6) is 0 Å². The Morgan fingerprint density at radius 3 is 2.95 bits per heavy atom. The maximum atomic E-state index is 11.9. The number of aryl methyl sites for hydroxylation is 2. The van der Waals surface area contributed by atoms with Gasteiger partial charge in [-0.05, 0) is 25.0 Å². The van der Waals surface area contributed by atoms with Crippen LogP contribution in [-0.2, 0) is 6.54 Å². The van der Waals surface area contributed by atoms with Gasteiger partial charge in [-0.1, -0.05) is 18.5 Å². The van der Waals surface area contributed by atoms with E-state index in [4.69, 9.17) is 11.6 Å². The Morgan fingerprint density at radius 1 is 1.40 bits per heavy atom. The fourth-order valence-corrected chi connectivity index (χ4v) is 1.87. The third kappa shape index (κ3) is 3.71. The van der Waals surface area contributed by atoms with Gasteiger partial charge in [0.25, 0.3) is 0 Å². The van der Waals surface area contributed by atoms with E-state index in [1.165, 1.54) is 0 Å². The Hall–Kier alpha value is -2.08. The molecule has 2 amide bonds. The summed E-state index contributed by atoms with van der Waals surface area (Å²) in [5.41, 5.74) is 1.46. The van der Waals surface area contributed by atoms with Crippen molar-refractivity contribution in [2.75, 3.05) is 10.6 Å². The molecule has 0 aliphatic rings. The van der Waals surface area contributed by atoms with Crippen molar-refractivity contribution >= 4 is 29.1 Å². The molecule has 0 spiro atoms. The molecule has 0 saturated heterocycles. The van der Waals surface area contributed by atoms with Crippen LogP contribution >= 0.6 is 11.6 Å². The number of anilines is 2. The van der Waals surface area contributed by atoms with Crippen molar-refractivity contribution in [1.82, 2.24) is 14.5 Å². The zero-order valence-corrected chi connectivity index (χ0v) is 12.1. The van der Waals surface area contributed by atoms with Gasteiger partial charge in [-0.3, -0.25) is 5.32 Å². The summed E-state index contributed by atoms with van der Waals surface area (Å²) >= 11 is 5.80. The van der Waals surface area contributed by atoms with Crippen LogP contribution in [-0.4, -0.2) is 20.6 Å². The molecule has 2 heterocycles. The zero-order valence-electron chi connectivity index (χ0n) is 11.4. The van der Waals surface area contributed by atoms with Crippen LogP contribution in [0.1, 0.15) is 18.9 Å². The van der Waals surface area contributed by atoms with E-state index >= 15 is 0 Å². The number of urea groups is 1. The molecule has 0 saturated carbocycles. The molecule has 0 atom stereocenters. The maximum absolute atomic E-state index is 11.9. The second-order valence-electron chi connectivity index (χ2n) is 4.40. The van der Waals surface area contributed by atoms with Crippen LogP contribution in [0.3, 0.4) is 0 Å². The number of hydrogen-bond donors (Lipinski definition) is 2. The minimum Gasteiger partial charge on any atom is -0.335 e. The molecular formula is C13H16ClN5O. The van der Waals surface area contributed by atoms with Gasteiger partial charge in [0.1, 0.15) is 5.15 Å². The van der Waals surface area contributed by atoms with Crippen LogP contribution in [0.4, 0.5) is 16.3 Å². The van der Waals surface area contributed by atoms with E-state index in [1.54, 1.807) is 24.8 Å². The molecule has 2 aromatic heterocycles. The lowest BCUT2D eigenvalue weighted by Gasteiger charge is -2.08. The first-order valence-corrected chi connectivity index (χ1v) is 6.68. The van der Waals surface area contributed by atoms with Crippen molar-refractivity contribution in [2.24, 2.45) is 0 Å². The maximum Gasteiger partial charge on any atom is 0.324 e. The number of hydrogen-bond acceptors (Lipinski definition) is 3. The molecule has 0 aliphatic heterocycles. The summed E-state index contributed by atoms with van der Waals surface area (Å²) in [6.07, 6.45) is 6.09. The normalized spacial score (nSPS) is 10.3. The number of nitrogens with one attached hydrogen (secondary N) is 2. The molecule has 2 aromatic rings. The molecule has 0 unspecified atom stereocenters. The van der Waals surface area contributed by atoms with E-state index in [0.717, 1.165) is 18.5 Å². The van der Waals surface area contributed by atoms with E-state index < -0.39 is 0 Å². The number of pyridine rings is 1. The number of carbonyl (C=O) groups is 1. The number of nitrogens with zero attached hydrogens (tertiary/aromatic N) is 3. The molecule has 106 valence electrons. The Kier molecular flexibility index (Phi) is 4.57. The highest BCUT2D eigenvalue weighted by molar-refractivity contribution is 6.29. The smallest absolute Gasteiger partial charge is 0.324 e. The van der Waals surface area contributed by atoms with Crippen molar-refractivity contribution in [3.05, 3.63) is 35.5 Å². The molecule has 0 radical (unpaired) electrons. The number of imidazole rings is 1. The Labute approximate surface area is 122 Å². The Balaban J connectivity index is 1.99. The molecule has 0 fully saturated rings. The molecule has 0 bridgehead atoms. The van der Waals surface area contributed by atoms with E-state index in [9.17, 15) is 4.79 Å². The zero-order chi connectivity index (χ0) is 14.5. The molecule has 2 rings (SSSR count). The molecule has 7 heteroatoms. The third-order valence-corrected chi connectivity index (χ3v) is 2.88. The summed E-state index contributed by atoms with van der Waals surface area (Å²) in [7, 11) is 0. The van der Waals surface area contributed by atoms with Gasteiger partial charge >= 0.3 is 6.03 Å². The molecule has 20 heavy (non-hydrogen) atoms. The molecule has 6 nitrogen and oxygen atoms in total. The van der Waals surface area contributed by atoms with Crippen LogP contribution in [0.25, 0.3) is 0 Å². The number of amides is 2. The van der Waals surface area contributed by atoms with Crippen molar-refractivity contribution in [3.63, 3.8) is 0 Å². The predicted molar refractivity (Wildman–Crippen MR) is 79.1 cm³/mol. The van der Waals surface area contributed by atoms with Crippen LogP contribution in [0.2, 0.25) is 5.15 Å². The fourth-order valence-electron chi connectivity index (χ4n) is 1.71. The number of rotatable bonds is 4. The van der Waals surface area contributed by atoms with Gasteiger partial charge in [-0.2, -0.15) is 0 Å². The number of halogens is 1. The van der Waals surface area contributed by atoms with Gasteiger partial charge in [0.05, 0.1) is 6.33 Å². The largest absolute Gasteiger partial charge is 0.335 e. The lowest BCUT2D eigenvalue weighted by Crippen LogP contribution is -2.20. The second kappa shape index (κ2) is 6.38. The van der Waals surface area contributed by atoms with E-state index in [0.29, 0.717) is 16.7 Å². The van der Waals surface area contributed by atoms with Crippen LogP contribution in [0, 0.1) is 6.92 Å². The monoisotopic (exact) mass is 293 g/mol. The van der Waals surface area contributed by atoms with Gasteiger partial charge in [0.2, 0.25) is 0 Å². The number of carbonyl (C=O) groups excluding carboxylic acids is 1. The summed E-state index contributed by atoms with van der Waals surface area (Å²) in [5.74, 6) is 0.508. The minimum atomic E-state index is -0.364. The molecule has 0 aromatic carbocycles. The topological polar surface area (TPSA) is 71.8 Å². The highest BCUT2D eigenvalue weighted by Gasteiger charge is 2.07. The SMILES string of the molecule is CCCn1cnc(NC(=O)Nc2cc(Cl)ncc2C)c1. The second-order valence-corrected chi connectivity index (χ2v) is 4.79. The lowest BCUT2D eigenvalue weighted by atomic mass is 10.2. The van der Waals surface area contributed by atoms with E-state index in [1.807, 2.05) is 11.5 Å². The van der Waals surface area contributed by atoms with E-state index in [-0.39, 0.29) is 6.03 Å². The Bertz CT molecular complexity index is 611. The first-order chi connectivity index (χ1) is 9.58. The summed E-state index contributed by atoms with van der Waals surface area (Å²) < 4.78 is 1.92. The highest BCUT2D eigenvalue weighted by atomic mass is 35.5. The van der Waals surface area contributed by atoms with E-state index in [2.05, 4.69) is 27.5 Å². The standard InChI is InChI=1S/C13H16ClN5O/c1-3-4-19-7-12(16-8-19)18-13(20)17-10-5-11(14)15-6-9(10)2/h5-8H,3-4H2,1-2H3,(H2,15,17,18,20). The molecule has 0 aliphatic carbocycles. The Morgan fingerprint density at radius 2 is 2.20 bits per heavy atom. The van der Waals surface area contributed by atoms with Gasteiger partial charge < -0.3 is 9.88 Å². The first kappa shape index (κ1) is 14.3. The minimum absolute atomic E-state index is 0.332. The van der Waals surface area contributed by atoms with Crippen LogP contribution < -0.4 is 10.6 Å². The van der Waals surface area contributed by atoms with Crippen LogP contribution in [0.15, 0.2) is 24.8 Å². The van der Waals surface area contributed by atoms with Gasteiger partial charge in [-0.25, -0.2) is 14.8 Å². The lowest BCUT2D eigenvalue weighted by molar-refractivity contribution is 0.262. The molecule has 2 N–H and O–H groups in total. The summed E-state index contributed by atoms with van der Waals surface area (Å²) in [5, 5.41) is 5.72. The molecular weight excluding hydrogens is 278 g/mol. The third-order valence-electron chi connectivity index (χ3n) is 2.67. The first-order valence-electron chi connectivity index (χ1n) is 6.30. The number of aromatic nitrogens is 3.